The van der Waals surface area contributed by atoms with Gasteiger partial charge in [0, 0.05) is 5.02 Å². The van der Waals surface area contributed by atoms with Crippen molar-refractivity contribution in [2.45, 2.75) is 13.0 Å². The zero-order chi connectivity index (χ0) is 14.5. The standard InChI is InChI=1S/C16H16ClNO2/c1-11(12-7-9-13(17)10-8-12)18-16(19)14-5-3-4-6-15(14)20-2/h3-11H,1-2H3,(H,18,19)/t11-/m0/s1. The molecule has 0 aliphatic rings. The van der Waals surface area contributed by atoms with Crippen LogP contribution in [0, 0.1) is 0 Å². The maximum Gasteiger partial charge on any atom is 0.255 e. The van der Waals surface area contributed by atoms with Gasteiger partial charge in [0.1, 0.15) is 5.75 Å². The van der Waals surface area contributed by atoms with E-state index in [2.05, 4.69) is 5.32 Å². The fraction of sp³-hybridized carbons (Fsp3) is 0.188. The first-order chi connectivity index (χ1) is 9.61. The number of halogens is 1. The van der Waals surface area contributed by atoms with Crippen LogP contribution in [0.5, 0.6) is 5.75 Å². The van der Waals surface area contributed by atoms with Crippen LogP contribution in [-0.2, 0) is 0 Å². The van der Waals surface area contributed by atoms with E-state index in [1.54, 1.807) is 19.2 Å². The number of carbonyl (C=O) groups excluding carboxylic acids is 1. The second-order valence-electron chi connectivity index (χ2n) is 4.45. The molecular weight excluding hydrogens is 274 g/mol. The molecule has 0 saturated heterocycles. The molecule has 0 aliphatic carbocycles. The van der Waals surface area contributed by atoms with Gasteiger partial charge >= 0.3 is 0 Å². The number of para-hydroxylation sites is 1. The lowest BCUT2D eigenvalue weighted by Crippen LogP contribution is -2.27. The fourth-order valence-electron chi connectivity index (χ4n) is 1.94. The Morgan fingerprint density at radius 1 is 1.15 bits per heavy atom. The van der Waals surface area contributed by atoms with Crippen LogP contribution in [0.3, 0.4) is 0 Å². The van der Waals surface area contributed by atoms with Crippen molar-refractivity contribution in [1.29, 1.82) is 0 Å². The second kappa shape index (κ2) is 6.44. The van der Waals surface area contributed by atoms with Crippen molar-refractivity contribution >= 4 is 17.5 Å². The van der Waals surface area contributed by atoms with Crippen LogP contribution in [0.2, 0.25) is 5.02 Å². The zero-order valence-corrected chi connectivity index (χ0v) is 12.1. The first-order valence-electron chi connectivity index (χ1n) is 6.31. The Morgan fingerprint density at radius 3 is 2.45 bits per heavy atom. The number of benzene rings is 2. The maximum absolute atomic E-state index is 12.3. The molecule has 2 aromatic rings. The van der Waals surface area contributed by atoms with Gasteiger partial charge in [-0.3, -0.25) is 4.79 Å². The lowest BCUT2D eigenvalue weighted by Gasteiger charge is -2.15. The van der Waals surface area contributed by atoms with E-state index in [1.807, 2.05) is 43.3 Å². The molecule has 104 valence electrons. The molecule has 3 nitrogen and oxygen atoms in total. The highest BCUT2D eigenvalue weighted by Gasteiger charge is 2.14. The summed E-state index contributed by atoms with van der Waals surface area (Å²) in [4.78, 5) is 12.3. The van der Waals surface area contributed by atoms with Crippen molar-refractivity contribution in [3.05, 3.63) is 64.7 Å². The smallest absolute Gasteiger partial charge is 0.255 e. The predicted molar refractivity (Wildman–Crippen MR) is 80.3 cm³/mol. The number of hydrogen-bond acceptors (Lipinski definition) is 2. The van der Waals surface area contributed by atoms with E-state index in [9.17, 15) is 4.79 Å². The van der Waals surface area contributed by atoms with Gasteiger partial charge in [-0.05, 0) is 36.8 Å². The van der Waals surface area contributed by atoms with Gasteiger partial charge in [-0.1, -0.05) is 35.9 Å². The Hall–Kier alpha value is -2.00. The van der Waals surface area contributed by atoms with Crippen LogP contribution in [0.4, 0.5) is 0 Å². The third kappa shape index (κ3) is 3.31. The summed E-state index contributed by atoms with van der Waals surface area (Å²) in [5.41, 5.74) is 1.52. The van der Waals surface area contributed by atoms with Crippen molar-refractivity contribution in [2.75, 3.05) is 7.11 Å². The van der Waals surface area contributed by atoms with E-state index in [0.29, 0.717) is 16.3 Å². The molecule has 0 unspecified atom stereocenters. The van der Waals surface area contributed by atoms with E-state index >= 15 is 0 Å². The Balaban J connectivity index is 2.13. The lowest BCUT2D eigenvalue weighted by molar-refractivity contribution is 0.0937. The summed E-state index contributed by atoms with van der Waals surface area (Å²) in [5.74, 6) is 0.401. The summed E-state index contributed by atoms with van der Waals surface area (Å²) in [6, 6.07) is 14.5. The van der Waals surface area contributed by atoms with Gasteiger partial charge in [0.2, 0.25) is 0 Å². The van der Waals surface area contributed by atoms with Crippen molar-refractivity contribution in [3.8, 4) is 5.75 Å². The van der Waals surface area contributed by atoms with Crippen LogP contribution in [0.15, 0.2) is 48.5 Å². The second-order valence-corrected chi connectivity index (χ2v) is 4.88. The summed E-state index contributed by atoms with van der Waals surface area (Å²) >= 11 is 5.85. The number of rotatable bonds is 4. The Kier molecular flexibility index (Phi) is 4.64. The van der Waals surface area contributed by atoms with E-state index in [-0.39, 0.29) is 11.9 Å². The molecule has 1 N–H and O–H groups in total. The summed E-state index contributed by atoms with van der Waals surface area (Å²) in [7, 11) is 1.55. The number of methoxy groups -OCH3 is 1. The van der Waals surface area contributed by atoms with Crippen LogP contribution >= 0.6 is 11.6 Å². The number of carbonyl (C=O) groups is 1. The minimum atomic E-state index is -0.162. The first kappa shape index (κ1) is 14.4. The first-order valence-corrected chi connectivity index (χ1v) is 6.69. The van der Waals surface area contributed by atoms with Gasteiger partial charge in [-0.15, -0.1) is 0 Å². The van der Waals surface area contributed by atoms with Crippen molar-refractivity contribution in [1.82, 2.24) is 5.32 Å². The molecule has 0 saturated carbocycles. The van der Waals surface area contributed by atoms with Gasteiger partial charge < -0.3 is 10.1 Å². The Morgan fingerprint density at radius 2 is 1.80 bits per heavy atom. The van der Waals surface area contributed by atoms with Crippen LogP contribution in [0.1, 0.15) is 28.9 Å². The highest BCUT2D eigenvalue weighted by Crippen LogP contribution is 2.20. The average molecular weight is 290 g/mol. The molecule has 0 fully saturated rings. The topological polar surface area (TPSA) is 38.3 Å². The monoisotopic (exact) mass is 289 g/mol. The van der Waals surface area contributed by atoms with Crippen LogP contribution < -0.4 is 10.1 Å². The van der Waals surface area contributed by atoms with E-state index in [4.69, 9.17) is 16.3 Å². The predicted octanol–water partition coefficient (Wildman–Crippen LogP) is 3.84. The minimum absolute atomic E-state index is 0.107. The molecule has 0 radical (unpaired) electrons. The van der Waals surface area contributed by atoms with Crippen LogP contribution in [-0.4, -0.2) is 13.0 Å². The van der Waals surface area contributed by atoms with Gasteiger partial charge in [-0.25, -0.2) is 0 Å². The molecule has 2 aromatic carbocycles. The Bertz CT molecular complexity index is 596. The number of amides is 1. The molecule has 1 atom stereocenters. The SMILES string of the molecule is COc1ccccc1C(=O)N[C@@H](C)c1ccc(Cl)cc1. The molecule has 0 bridgehead atoms. The summed E-state index contributed by atoms with van der Waals surface area (Å²) < 4.78 is 5.19. The van der Waals surface area contributed by atoms with Gasteiger partial charge in [-0.2, -0.15) is 0 Å². The molecule has 0 aromatic heterocycles. The van der Waals surface area contributed by atoms with Crippen molar-refractivity contribution < 1.29 is 9.53 Å². The third-order valence-corrected chi connectivity index (χ3v) is 3.32. The average Bonchev–Trinajstić information content (AvgIpc) is 2.47. The van der Waals surface area contributed by atoms with Crippen molar-refractivity contribution in [2.24, 2.45) is 0 Å². The number of ether oxygens (including phenoxy) is 1. The number of hydrogen-bond donors (Lipinski definition) is 1. The molecule has 0 spiro atoms. The van der Waals surface area contributed by atoms with E-state index in [1.165, 1.54) is 0 Å². The number of nitrogens with one attached hydrogen (secondary N) is 1. The summed E-state index contributed by atoms with van der Waals surface area (Å²) in [6.45, 7) is 1.93. The molecule has 0 heterocycles. The van der Waals surface area contributed by atoms with Crippen LogP contribution in [0.25, 0.3) is 0 Å². The molecule has 2 rings (SSSR count). The minimum Gasteiger partial charge on any atom is -0.496 e. The molecule has 0 aliphatic heterocycles. The van der Waals surface area contributed by atoms with Gasteiger partial charge in [0.05, 0.1) is 18.7 Å². The fourth-order valence-corrected chi connectivity index (χ4v) is 2.07. The summed E-state index contributed by atoms with van der Waals surface area (Å²) in [5, 5.41) is 3.62. The lowest BCUT2D eigenvalue weighted by atomic mass is 10.1. The highest BCUT2D eigenvalue weighted by molar-refractivity contribution is 6.30. The van der Waals surface area contributed by atoms with E-state index < -0.39 is 0 Å². The van der Waals surface area contributed by atoms with Gasteiger partial charge in [0.15, 0.2) is 0 Å². The highest BCUT2D eigenvalue weighted by atomic mass is 35.5. The Labute approximate surface area is 123 Å². The molecule has 1 amide bonds. The van der Waals surface area contributed by atoms with Gasteiger partial charge in [0.25, 0.3) is 5.91 Å². The van der Waals surface area contributed by atoms with E-state index in [0.717, 1.165) is 5.56 Å². The third-order valence-electron chi connectivity index (χ3n) is 3.07. The summed E-state index contributed by atoms with van der Waals surface area (Å²) in [6.07, 6.45) is 0. The van der Waals surface area contributed by atoms with Crippen molar-refractivity contribution in [3.63, 3.8) is 0 Å². The normalized spacial score (nSPS) is 11.8. The largest absolute Gasteiger partial charge is 0.496 e. The molecule has 20 heavy (non-hydrogen) atoms. The maximum atomic E-state index is 12.3. The molecular formula is C16H16ClNO2. The quantitative estimate of drug-likeness (QED) is 0.929. The zero-order valence-electron chi connectivity index (χ0n) is 11.4. The molecule has 4 heteroatoms.